The van der Waals surface area contributed by atoms with E-state index in [2.05, 4.69) is 6.92 Å². The van der Waals surface area contributed by atoms with Crippen LogP contribution in [0.15, 0.2) is 24.3 Å². The third-order valence-electron chi connectivity index (χ3n) is 2.52. The molecule has 98 valence electrons. The summed E-state index contributed by atoms with van der Waals surface area (Å²) in [5, 5.41) is 0. The van der Waals surface area contributed by atoms with Crippen molar-refractivity contribution in [2.75, 3.05) is 18.1 Å². The predicted molar refractivity (Wildman–Crippen MR) is 70.4 cm³/mol. The van der Waals surface area contributed by atoms with E-state index in [1.807, 2.05) is 6.92 Å². The number of anilines is 1. The maximum absolute atomic E-state index is 11.6. The average Bonchev–Trinajstić information content (AvgIpc) is 2.40. The molecule has 0 heterocycles. The van der Waals surface area contributed by atoms with Gasteiger partial charge in [0.15, 0.2) is 5.91 Å². The van der Waals surface area contributed by atoms with Gasteiger partial charge < -0.3 is 16.6 Å². The van der Waals surface area contributed by atoms with E-state index >= 15 is 0 Å². The van der Waals surface area contributed by atoms with Crippen LogP contribution in [0.2, 0.25) is 0 Å². The Morgan fingerprint density at radius 3 is 2.21 bits per heavy atom. The molecule has 1 rings (SSSR count). The van der Waals surface area contributed by atoms with Gasteiger partial charge in [-0.1, -0.05) is 0 Å². The zero-order valence-corrected chi connectivity index (χ0v) is 16.7. The molecule has 0 unspecified atom stereocenters. The zero-order valence-electron chi connectivity index (χ0n) is 11.8. The molecule has 1 aromatic rings. The Labute approximate surface area is 163 Å². The van der Waals surface area contributed by atoms with E-state index in [0.29, 0.717) is 18.7 Å². The molecule has 0 N–H and O–H groups in total. The summed E-state index contributed by atoms with van der Waals surface area (Å²) in [7, 11) is 0. The first-order valence-electron chi connectivity index (χ1n) is 6.00. The fourth-order valence-electron chi connectivity index (χ4n) is 1.63. The second-order valence-corrected chi connectivity index (χ2v) is 3.66. The van der Waals surface area contributed by atoms with E-state index in [1.54, 1.807) is 36.1 Å². The Bertz CT molecular complexity index is 417. The average molecular weight is 334 g/mol. The minimum atomic E-state index is -0.351. The maximum atomic E-state index is 11.6. The molecule has 0 aromatic heterocycles. The molecule has 4 nitrogen and oxygen atoms in total. The monoisotopic (exact) mass is 333 g/mol. The van der Waals surface area contributed by atoms with E-state index in [0.717, 1.165) is 5.69 Å². The van der Waals surface area contributed by atoms with Crippen LogP contribution in [0, 0.1) is 6.92 Å². The van der Waals surface area contributed by atoms with Crippen molar-refractivity contribution in [3.8, 4) is 0 Å². The molecule has 0 saturated heterocycles. The molecular formula is C14H18NO3Rb. The van der Waals surface area contributed by atoms with Crippen molar-refractivity contribution >= 4 is 17.6 Å². The quantitative estimate of drug-likeness (QED) is 0.536. The van der Waals surface area contributed by atoms with Gasteiger partial charge in [-0.15, -0.1) is 6.42 Å². The van der Waals surface area contributed by atoms with Gasteiger partial charge in [0.05, 0.1) is 12.2 Å². The van der Waals surface area contributed by atoms with Crippen LogP contribution in [-0.2, 0) is 9.53 Å². The van der Waals surface area contributed by atoms with Gasteiger partial charge in [0.2, 0.25) is 0 Å². The summed E-state index contributed by atoms with van der Waals surface area (Å²) in [5.74, 6) is -0.392. The van der Waals surface area contributed by atoms with Crippen molar-refractivity contribution in [3.05, 3.63) is 36.8 Å². The summed E-state index contributed by atoms with van der Waals surface area (Å²) in [4.78, 5) is 24.7. The summed E-state index contributed by atoms with van der Waals surface area (Å²) in [5.41, 5.74) is 1.25. The van der Waals surface area contributed by atoms with Gasteiger partial charge in [0, 0.05) is 12.2 Å². The van der Waals surface area contributed by atoms with Crippen LogP contribution in [0.25, 0.3) is 0 Å². The third-order valence-corrected chi connectivity index (χ3v) is 2.52. The number of rotatable bonds is 5. The van der Waals surface area contributed by atoms with Gasteiger partial charge in [0.25, 0.3) is 0 Å². The summed E-state index contributed by atoms with van der Waals surface area (Å²) in [6.07, 6.45) is 0.216. The SMILES string of the molecule is [CH2-]CC(=O)N(CC)c1ccc(C(=O)OCC)cc1.[Rb+]. The number of nitrogens with zero attached hydrogens (tertiary/aromatic N) is 1. The molecule has 1 amide bonds. The van der Waals surface area contributed by atoms with Crippen molar-refractivity contribution < 1.29 is 72.5 Å². The molecule has 0 atom stereocenters. The Hall–Kier alpha value is -0.0348. The standard InChI is InChI=1S/C14H18NO3.Rb/c1-4-13(16)15(5-2)12-9-7-11(8-10-12)14(17)18-6-3;/h7-10H,1,4-6H2,2-3H3;/q-1;+1. The van der Waals surface area contributed by atoms with Crippen molar-refractivity contribution in [2.45, 2.75) is 20.3 Å². The maximum Gasteiger partial charge on any atom is 1.00 e. The van der Waals surface area contributed by atoms with Crippen LogP contribution in [0.5, 0.6) is 0 Å². The molecule has 0 radical (unpaired) electrons. The molecule has 0 aliphatic heterocycles. The second kappa shape index (κ2) is 9.80. The van der Waals surface area contributed by atoms with Crippen molar-refractivity contribution in [1.82, 2.24) is 0 Å². The van der Waals surface area contributed by atoms with Crippen LogP contribution in [0.3, 0.4) is 0 Å². The summed E-state index contributed by atoms with van der Waals surface area (Å²) < 4.78 is 4.89. The first-order chi connectivity index (χ1) is 8.63. The number of ether oxygens (including phenoxy) is 1. The Kier molecular flexibility index (Phi) is 9.79. The molecule has 0 spiro atoms. The summed E-state index contributed by atoms with van der Waals surface area (Å²) in [6, 6.07) is 6.80. The van der Waals surface area contributed by atoms with Crippen molar-refractivity contribution in [1.29, 1.82) is 0 Å². The molecular weight excluding hydrogens is 316 g/mol. The number of esters is 1. The molecule has 5 heteroatoms. The Morgan fingerprint density at radius 1 is 1.21 bits per heavy atom. The third kappa shape index (κ3) is 5.46. The van der Waals surface area contributed by atoms with Gasteiger partial charge in [-0.2, -0.15) is 0 Å². The topological polar surface area (TPSA) is 46.6 Å². The van der Waals surface area contributed by atoms with Gasteiger partial charge >= 0.3 is 64.2 Å². The van der Waals surface area contributed by atoms with Crippen molar-refractivity contribution in [3.63, 3.8) is 0 Å². The largest absolute Gasteiger partial charge is 1.00 e. The van der Waals surface area contributed by atoms with E-state index < -0.39 is 0 Å². The molecule has 0 aliphatic rings. The van der Waals surface area contributed by atoms with Gasteiger partial charge in [-0.05, 0) is 38.1 Å². The van der Waals surface area contributed by atoms with Crippen LogP contribution in [-0.4, -0.2) is 25.0 Å². The number of carbonyl (C=O) groups is 2. The summed E-state index contributed by atoms with van der Waals surface area (Å²) >= 11 is 0. The van der Waals surface area contributed by atoms with Gasteiger partial charge in [0.1, 0.15) is 0 Å². The molecule has 0 aliphatic carbocycles. The molecule has 19 heavy (non-hydrogen) atoms. The Morgan fingerprint density at radius 2 is 1.79 bits per heavy atom. The predicted octanol–water partition coefficient (Wildman–Crippen LogP) is -0.556. The van der Waals surface area contributed by atoms with E-state index in [4.69, 9.17) is 4.74 Å². The normalized spacial score (nSPS) is 9.42. The molecule has 0 fully saturated rings. The molecule has 1 aromatic carbocycles. The van der Waals surface area contributed by atoms with Gasteiger partial charge in [-0.3, -0.25) is 4.79 Å². The minimum Gasteiger partial charge on any atom is -0.462 e. The van der Waals surface area contributed by atoms with Crippen LogP contribution in [0.1, 0.15) is 30.6 Å². The second-order valence-electron chi connectivity index (χ2n) is 3.66. The number of hydrogen-bond donors (Lipinski definition) is 0. The number of carbonyl (C=O) groups excluding carboxylic acids is 2. The van der Waals surface area contributed by atoms with E-state index in [9.17, 15) is 9.59 Å². The molecule has 0 saturated carbocycles. The number of hydrogen-bond acceptors (Lipinski definition) is 3. The minimum absolute atomic E-state index is 0. The zero-order chi connectivity index (χ0) is 13.5. The van der Waals surface area contributed by atoms with Crippen molar-refractivity contribution in [2.24, 2.45) is 0 Å². The number of benzene rings is 1. The summed E-state index contributed by atoms with van der Waals surface area (Å²) in [6.45, 7) is 8.17. The first-order valence-corrected chi connectivity index (χ1v) is 6.00. The van der Waals surface area contributed by atoms with Crippen LogP contribution >= 0.6 is 0 Å². The van der Waals surface area contributed by atoms with E-state index in [1.165, 1.54) is 0 Å². The fraction of sp³-hybridized carbons (Fsp3) is 0.357. The first kappa shape index (κ1) is 19.0. The van der Waals surface area contributed by atoms with Gasteiger partial charge in [-0.25, -0.2) is 4.79 Å². The smallest absolute Gasteiger partial charge is 0.462 e. The molecule has 0 bridgehead atoms. The van der Waals surface area contributed by atoms with E-state index in [-0.39, 0.29) is 76.5 Å². The van der Waals surface area contributed by atoms with Crippen LogP contribution in [0.4, 0.5) is 5.69 Å². The Balaban J connectivity index is 0.00000324. The fourth-order valence-corrected chi connectivity index (χ4v) is 1.63. The number of amides is 1. The van der Waals surface area contributed by atoms with Crippen LogP contribution < -0.4 is 63.1 Å².